The Bertz CT molecular complexity index is 232. The van der Waals surface area contributed by atoms with Crippen LogP contribution in [-0.4, -0.2) is 30.8 Å². The molecule has 0 heterocycles. The van der Waals surface area contributed by atoms with Gasteiger partial charge in [0.1, 0.15) is 0 Å². The number of guanidine groups is 1. The zero-order chi connectivity index (χ0) is 15.1. The molecule has 21 heavy (non-hydrogen) atoms. The summed E-state index contributed by atoms with van der Waals surface area (Å²) in [6.45, 7) is 6.28. The highest BCUT2D eigenvalue weighted by Gasteiger charge is 2.06. The van der Waals surface area contributed by atoms with E-state index in [0.29, 0.717) is 11.9 Å². The molecular formula is C16H36IN3O. The first kappa shape index (κ1) is 23.2. The van der Waals surface area contributed by atoms with Crippen molar-refractivity contribution in [2.45, 2.75) is 71.6 Å². The van der Waals surface area contributed by atoms with Gasteiger partial charge in [-0.1, -0.05) is 52.4 Å². The van der Waals surface area contributed by atoms with Crippen molar-refractivity contribution in [2.24, 2.45) is 16.6 Å². The summed E-state index contributed by atoms with van der Waals surface area (Å²) in [6.07, 6.45) is 10.8. The normalized spacial score (nSPS) is 12.8. The predicted molar refractivity (Wildman–Crippen MR) is 103 cm³/mol. The van der Waals surface area contributed by atoms with Gasteiger partial charge in [0.05, 0.1) is 0 Å². The molecule has 4 nitrogen and oxygen atoms in total. The zero-order valence-electron chi connectivity index (χ0n) is 13.9. The molecule has 0 aliphatic carbocycles. The van der Waals surface area contributed by atoms with Gasteiger partial charge in [-0.3, -0.25) is 4.99 Å². The van der Waals surface area contributed by atoms with Gasteiger partial charge < -0.3 is 16.2 Å². The molecule has 5 heteroatoms. The minimum Gasteiger partial charge on any atom is -0.396 e. The summed E-state index contributed by atoms with van der Waals surface area (Å²) in [5, 5.41) is 12.2. The van der Waals surface area contributed by atoms with E-state index in [9.17, 15) is 0 Å². The maximum Gasteiger partial charge on any atom is 0.188 e. The van der Waals surface area contributed by atoms with Crippen LogP contribution in [0, 0.1) is 5.92 Å². The Morgan fingerprint density at radius 1 is 1.05 bits per heavy atom. The number of hydrogen-bond acceptors (Lipinski definition) is 2. The summed E-state index contributed by atoms with van der Waals surface area (Å²) in [4.78, 5) is 4.38. The van der Waals surface area contributed by atoms with E-state index >= 15 is 0 Å². The lowest BCUT2D eigenvalue weighted by molar-refractivity contribution is 0.253. The Labute approximate surface area is 148 Å². The summed E-state index contributed by atoms with van der Waals surface area (Å²) in [7, 11) is 0. The largest absolute Gasteiger partial charge is 0.396 e. The fourth-order valence-electron chi connectivity index (χ4n) is 2.32. The van der Waals surface area contributed by atoms with E-state index in [1.165, 1.54) is 32.1 Å². The van der Waals surface area contributed by atoms with Gasteiger partial charge in [0.15, 0.2) is 5.96 Å². The van der Waals surface area contributed by atoms with E-state index in [1.807, 2.05) is 0 Å². The summed E-state index contributed by atoms with van der Waals surface area (Å²) in [6, 6.07) is 0. The van der Waals surface area contributed by atoms with E-state index in [0.717, 1.165) is 38.8 Å². The van der Waals surface area contributed by atoms with E-state index in [2.05, 4.69) is 24.2 Å². The van der Waals surface area contributed by atoms with Crippen molar-refractivity contribution in [1.82, 2.24) is 5.32 Å². The van der Waals surface area contributed by atoms with E-state index in [4.69, 9.17) is 10.8 Å². The molecule has 0 saturated carbocycles. The second-order valence-electron chi connectivity index (χ2n) is 5.59. The first-order chi connectivity index (χ1) is 9.74. The lowest BCUT2D eigenvalue weighted by Crippen LogP contribution is -2.33. The number of nitrogens with one attached hydrogen (secondary N) is 1. The molecule has 0 saturated heterocycles. The van der Waals surface area contributed by atoms with Crippen LogP contribution >= 0.6 is 24.0 Å². The monoisotopic (exact) mass is 413 g/mol. The van der Waals surface area contributed by atoms with Gasteiger partial charge in [-0.15, -0.1) is 24.0 Å². The molecule has 128 valence electrons. The first-order valence-electron chi connectivity index (χ1n) is 8.39. The Hall–Kier alpha value is -0.0400. The maximum absolute atomic E-state index is 9.00. The third-order valence-corrected chi connectivity index (χ3v) is 3.59. The SMILES string of the molecule is CCCCCCCCNC(N)=NCC(CCC)CCO.I. The van der Waals surface area contributed by atoms with Crippen molar-refractivity contribution in [1.29, 1.82) is 0 Å². The second-order valence-corrected chi connectivity index (χ2v) is 5.59. The van der Waals surface area contributed by atoms with Crippen LogP contribution in [0.4, 0.5) is 0 Å². The standard InChI is InChI=1S/C16H35N3O.HI/c1-3-5-6-7-8-9-12-18-16(17)19-14-15(10-4-2)11-13-20;/h15,20H,3-14H2,1-2H3,(H3,17,18,19);1H. The molecular weight excluding hydrogens is 377 g/mol. The van der Waals surface area contributed by atoms with Crippen molar-refractivity contribution in [3.05, 3.63) is 0 Å². The van der Waals surface area contributed by atoms with Crippen LogP contribution < -0.4 is 11.1 Å². The number of halogens is 1. The Morgan fingerprint density at radius 3 is 2.33 bits per heavy atom. The average molecular weight is 413 g/mol. The van der Waals surface area contributed by atoms with Crippen LogP contribution in [0.15, 0.2) is 4.99 Å². The Morgan fingerprint density at radius 2 is 1.71 bits per heavy atom. The molecule has 0 aromatic rings. The third-order valence-electron chi connectivity index (χ3n) is 3.59. The Balaban J connectivity index is 0. The van der Waals surface area contributed by atoms with Crippen molar-refractivity contribution < 1.29 is 5.11 Å². The third kappa shape index (κ3) is 16.2. The fraction of sp³-hybridized carbons (Fsp3) is 0.938. The topological polar surface area (TPSA) is 70.6 Å². The van der Waals surface area contributed by atoms with Gasteiger partial charge in [0, 0.05) is 19.7 Å². The minimum absolute atomic E-state index is 0. The van der Waals surface area contributed by atoms with Gasteiger partial charge in [0.25, 0.3) is 0 Å². The van der Waals surface area contributed by atoms with E-state index in [1.54, 1.807) is 0 Å². The van der Waals surface area contributed by atoms with Crippen molar-refractivity contribution in [3.8, 4) is 0 Å². The van der Waals surface area contributed by atoms with Crippen LogP contribution in [0.3, 0.4) is 0 Å². The molecule has 0 spiro atoms. The second kappa shape index (κ2) is 18.0. The molecule has 1 atom stereocenters. The number of nitrogens with two attached hydrogens (primary N) is 1. The van der Waals surface area contributed by atoms with Crippen LogP contribution in [0.2, 0.25) is 0 Å². The van der Waals surface area contributed by atoms with Gasteiger partial charge in [0.2, 0.25) is 0 Å². The number of aliphatic hydroxyl groups is 1. The molecule has 0 fully saturated rings. The highest BCUT2D eigenvalue weighted by Crippen LogP contribution is 2.10. The summed E-state index contributed by atoms with van der Waals surface area (Å²) < 4.78 is 0. The van der Waals surface area contributed by atoms with Gasteiger partial charge in [-0.25, -0.2) is 0 Å². The molecule has 0 aliphatic heterocycles. The highest BCUT2D eigenvalue weighted by atomic mass is 127. The summed E-state index contributed by atoms with van der Waals surface area (Å²) in [5.74, 6) is 1.01. The van der Waals surface area contributed by atoms with Gasteiger partial charge in [-0.05, 0) is 25.2 Å². The van der Waals surface area contributed by atoms with Crippen LogP contribution in [0.25, 0.3) is 0 Å². The van der Waals surface area contributed by atoms with Crippen molar-refractivity contribution >= 4 is 29.9 Å². The number of hydrogen-bond donors (Lipinski definition) is 3. The fourth-order valence-corrected chi connectivity index (χ4v) is 2.32. The lowest BCUT2D eigenvalue weighted by atomic mass is 10.0. The number of aliphatic hydroxyl groups excluding tert-OH is 1. The number of unbranched alkanes of at least 4 members (excludes halogenated alkanes) is 5. The molecule has 0 aromatic carbocycles. The number of nitrogens with zero attached hydrogens (tertiary/aromatic N) is 1. The van der Waals surface area contributed by atoms with Crippen LogP contribution in [0.5, 0.6) is 0 Å². The molecule has 0 aromatic heterocycles. The zero-order valence-corrected chi connectivity index (χ0v) is 16.3. The molecule has 0 aliphatic rings. The molecule has 0 amide bonds. The summed E-state index contributed by atoms with van der Waals surface area (Å²) >= 11 is 0. The van der Waals surface area contributed by atoms with Crippen LogP contribution in [-0.2, 0) is 0 Å². The maximum atomic E-state index is 9.00. The van der Waals surface area contributed by atoms with Crippen molar-refractivity contribution in [2.75, 3.05) is 19.7 Å². The van der Waals surface area contributed by atoms with Gasteiger partial charge >= 0.3 is 0 Å². The van der Waals surface area contributed by atoms with E-state index in [-0.39, 0.29) is 30.6 Å². The Kier molecular flexibility index (Phi) is 19.9. The van der Waals surface area contributed by atoms with Gasteiger partial charge in [-0.2, -0.15) is 0 Å². The lowest BCUT2D eigenvalue weighted by Gasteiger charge is -2.12. The summed E-state index contributed by atoms with van der Waals surface area (Å²) in [5.41, 5.74) is 5.85. The smallest absolute Gasteiger partial charge is 0.188 e. The predicted octanol–water partition coefficient (Wildman–Crippen LogP) is 3.67. The van der Waals surface area contributed by atoms with Crippen molar-refractivity contribution in [3.63, 3.8) is 0 Å². The number of rotatable bonds is 13. The molecule has 1 unspecified atom stereocenters. The van der Waals surface area contributed by atoms with Crippen LogP contribution in [0.1, 0.15) is 71.6 Å². The first-order valence-corrected chi connectivity index (χ1v) is 8.39. The average Bonchev–Trinajstić information content (AvgIpc) is 2.44. The molecule has 0 bridgehead atoms. The quantitative estimate of drug-likeness (QED) is 0.187. The highest BCUT2D eigenvalue weighted by molar-refractivity contribution is 14.0. The molecule has 4 N–H and O–H groups in total. The molecule has 0 rings (SSSR count). The molecule has 0 radical (unpaired) electrons. The number of aliphatic imine (C=N–C) groups is 1. The minimum atomic E-state index is 0. The van der Waals surface area contributed by atoms with E-state index < -0.39 is 0 Å².